The molecule has 7 nitrogen and oxygen atoms in total. The Balaban J connectivity index is 2.06. The predicted octanol–water partition coefficient (Wildman–Crippen LogP) is 0.822. The highest BCUT2D eigenvalue weighted by molar-refractivity contribution is 6.23. The smallest absolute Gasteiger partial charge is 0.326 e. The monoisotopic (exact) mass is 308 g/mol. The molecule has 1 saturated carbocycles. The number of nitrogens with one attached hydrogen (secondary N) is 1. The lowest BCUT2D eigenvalue weighted by atomic mass is 9.91. The van der Waals surface area contributed by atoms with Crippen molar-refractivity contribution in [3.05, 3.63) is 0 Å². The van der Waals surface area contributed by atoms with Crippen molar-refractivity contribution < 1.29 is 14.4 Å². The summed E-state index contributed by atoms with van der Waals surface area (Å²) in [7, 11) is 0. The summed E-state index contributed by atoms with van der Waals surface area (Å²) >= 11 is 0. The summed E-state index contributed by atoms with van der Waals surface area (Å²) < 4.78 is 0. The van der Waals surface area contributed by atoms with Gasteiger partial charge in [0.05, 0.1) is 6.04 Å². The van der Waals surface area contributed by atoms with E-state index in [4.69, 9.17) is 5.73 Å². The molecule has 2 aliphatic rings. The van der Waals surface area contributed by atoms with Crippen molar-refractivity contribution in [2.24, 2.45) is 16.6 Å². The highest BCUT2D eigenvalue weighted by atomic mass is 16.2. The molecule has 0 aromatic carbocycles. The van der Waals surface area contributed by atoms with E-state index in [9.17, 15) is 14.4 Å². The van der Waals surface area contributed by atoms with E-state index in [1.54, 1.807) is 0 Å². The Bertz CT molecular complexity index is 477. The van der Waals surface area contributed by atoms with Gasteiger partial charge in [-0.2, -0.15) is 0 Å². The van der Waals surface area contributed by atoms with E-state index >= 15 is 0 Å². The Kier molecular flexibility index (Phi) is 5.65. The lowest BCUT2D eigenvalue weighted by Crippen LogP contribution is -2.58. The molecule has 0 aromatic rings. The minimum atomic E-state index is -1.02. The van der Waals surface area contributed by atoms with Crippen molar-refractivity contribution in [2.45, 2.75) is 57.5 Å². The molecule has 2 fully saturated rings. The van der Waals surface area contributed by atoms with Crippen LogP contribution in [-0.4, -0.2) is 47.6 Å². The summed E-state index contributed by atoms with van der Waals surface area (Å²) in [5.41, 5.74) is 6.02. The summed E-state index contributed by atoms with van der Waals surface area (Å²) in [6, 6.07) is -0.705. The van der Waals surface area contributed by atoms with E-state index in [1.165, 1.54) is 6.21 Å². The molecule has 0 unspecified atom stereocenters. The highest BCUT2D eigenvalue weighted by Crippen LogP contribution is 2.20. The fraction of sp³-hybridized carbons (Fsp3) is 0.733. The first-order valence-corrected chi connectivity index (χ1v) is 7.99. The van der Waals surface area contributed by atoms with Gasteiger partial charge in [-0.1, -0.05) is 26.2 Å². The SMILES string of the molecule is CCCCN1C(=O)NC(=O)[C@@H](C=N[C@H]2CCCC[C@@H]2N)C1=O. The first-order valence-electron chi connectivity index (χ1n) is 7.99. The van der Waals surface area contributed by atoms with Crippen molar-refractivity contribution in [1.82, 2.24) is 10.2 Å². The van der Waals surface area contributed by atoms with E-state index in [0.29, 0.717) is 13.0 Å². The molecule has 3 atom stereocenters. The maximum atomic E-state index is 12.3. The Morgan fingerprint density at radius 1 is 1.32 bits per heavy atom. The number of nitrogens with zero attached hydrogens (tertiary/aromatic N) is 2. The fourth-order valence-corrected chi connectivity index (χ4v) is 2.81. The van der Waals surface area contributed by atoms with Crippen LogP contribution in [0.3, 0.4) is 0 Å². The predicted molar refractivity (Wildman–Crippen MR) is 82.4 cm³/mol. The zero-order valence-corrected chi connectivity index (χ0v) is 13.0. The third-order valence-corrected chi connectivity index (χ3v) is 4.23. The number of hydrogen-bond acceptors (Lipinski definition) is 5. The molecule has 0 aromatic heterocycles. The van der Waals surface area contributed by atoms with Gasteiger partial charge in [-0.3, -0.25) is 24.8 Å². The van der Waals surface area contributed by atoms with Crippen molar-refractivity contribution in [2.75, 3.05) is 6.54 Å². The van der Waals surface area contributed by atoms with Crippen molar-refractivity contribution in [3.63, 3.8) is 0 Å². The van der Waals surface area contributed by atoms with Crippen LogP contribution in [0.25, 0.3) is 0 Å². The molecule has 0 spiro atoms. The first-order chi connectivity index (χ1) is 10.5. The maximum Gasteiger partial charge on any atom is 0.330 e. The molecule has 1 saturated heterocycles. The molecule has 0 radical (unpaired) electrons. The average Bonchev–Trinajstić information content (AvgIpc) is 2.48. The number of nitrogens with two attached hydrogens (primary N) is 1. The number of barbiturate groups is 1. The summed E-state index contributed by atoms with van der Waals surface area (Å²) in [5.74, 6) is -2.12. The van der Waals surface area contributed by atoms with E-state index in [2.05, 4.69) is 10.3 Å². The second kappa shape index (κ2) is 7.49. The second-order valence-corrected chi connectivity index (χ2v) is 5.93. The quantitative estimate of drug-likeness (QED) is 0.579. The number of amides is 4. The molecule has 4 amide bonds. The first kappa shape index (κ1) is 16.6. The van der Waals surface area contributed by atoms with Crippen molar-refractivity contribution in [3.8, 4) is 0 Å². The molecular weight excluding hydrogens is 284 g/mol. The Labute approximate surface area is 130 Å². The Hall–Kier alpha value is -1.76. The van der Waals surface area contributed by atoms with Gasteiger partial charge in [-0.25, -0.2) is 4.79 Å². The Morgan fingerprint density at radius 3 is 2.73 bits per heavy atom. The number of aliphatic imine (C=N–C) groups is 1. The van der Waals surface area contributed by atoms with Gasteiger partial charge in [-0.15, -0.1) is 0 Å². The number of unbranched alkanes of at least 4 members (excludes halogenated alkanes) is 1. The molecule has 122 valence electrons. The fourth-order valence-electron chi connectivity index (χ4n) is 2.81. The number of urea groups is 1. The van der Waals surface area contributed by atoms with Crippen LogP contribution in [0.15, 0.2) is 4.99 Å². The van der Waals surface area contributed by atoms with Crippen LogP contribution < -0.4 is 11.1 Å². The molecule has 1 aliphatic heterocycles. The van der Waals surface area contributed by atoms with Crippen LogP contribution in [0, 0.1) is 5.92 Å². The lowest BCUT2D eigenvalue weighted by Gasteiger charge is -2.29. The van der Waals surface area contributed by atoms with Gasteiger partial charge in [0, 0.05) is 18.8 Å². The van der Waals surface area contributed by atoms with Gasteiger partial charge in [0.15, 0.2) is 5.92 Å². The molecule has 0 bridgehead atoms. The van der Waals surface area contributed by atoms with Crippen LogP contribution in [0.1, 0.15) is 45.4 Å². The largest absolute Gasteiger partial charge is 0.330 e. The summed E-state index contributed by atoms with van der Waals surface area (Å²) in [6.45, 7) is 2.29. The Morgan fingerprint density at radius 2 is 2.05 bits per heavy atom. The maximum absolute atomic E-state index is 12.3. The van der Waals surface area contributed by atoms with Gasteiger partial charge < -0.3 is 5.73 Å². The van der Waals surface area contributed by atoms with E-state index in [1.807, 2.05) is 6.92 Å². The van der Waals surface area contributed by atoms with Crippen LogP contribution in [0.5, 0.6) is 0 Å². The second-order valence-electron chi connectivity index (χ2n) is 5.93. The van der Waals surface area contributed by atoms with Crippen LogP contribution in [0.2, 0.25) is 0 Å². The van der Waals surface area contributed by atoms with Gasteiger partial charge >= 0.3 is 6.03 Å². The van der Waals surface area contributed by atoms with Crippen LogP contribution in [0.4, 0.5) is 4.79 Å². The molecule has 1 aliphatic carbocycles. The van der Waals surface area contributed by atoms with E-state index < -0.39 is 23.8 Å². The zero-order chi connectivity index (χ0) is 16.1. The minimum Gasteiger partial charge on any atom is -0.326 e. The van der Waals surface area contributed by atoms with Gasteiger partial charge in [0.2, 0.25) is 11.8 Å². The number of rotatable bonds is 5. The molecule has 1 heterocycles. The third kappa shape index (κ3) is 3.71. The van der Waals surface area contributed by atoms with Crippen LogP contribution >= 0.6 is 0 Å². The normalized spacial score (nSPS) is 30.0. The van der Waals surface area contributed by atoms with E-state index in [0.717, 1.165) is 37.0 Å². The lowest BCUT2D eigenvalue weighted by molar-refractivity contribution is -0.139. The number of imide groups is 2. The molecule has 7 heteroatoms. The summed E-state index contributed by atoms with van der Waals surface area (Å²) in [6.07, 6.45) is 6.88. The van der Waals surface area contributed by atoms with E-state index in [-0.39, 0.29) is 12.1 Å². The third-order valence-electron chi connectivity index (χ3n) is 4.23. The van der Waals surface area contributed by atoms with Gasteiger partial charge in [-0.05, 0) is 19.3 Å². The zero-order valence-electron chi connectivity index (χ0n) is 13.0. The van der Waals surface area contributed by atoms with Crippen LogP contribution in [-0.2, 0) is 9.59 Å². The van der Waals surface area contributed by atoms with Crippen molar-refractivity contribution >= 4 is 24.1 Å². The summed E-state index contributed by atoms with van der Waals surface area (Å²) in [5, 5.41) is 2.22. The molecule has 3 N–H and O–H groups in total. The highest BCUT2D eigenvalue weighted by Gasteiger charge is 2.39. The molecular formula is C15H24N4O3. The molecule has 22 heavy (non-hydrogen) atoms. The standard InChI is InChI=1S/C15H24N4O3/c1-2-3-8-19-14(21)10(13(20)18-15(19)22)9-17-12-7-5-4-6-11(12)16/h9-12H,2-8,16H2,1H3,(H,18,20,22)/t10-,11+,12+/m1/s1. The van der Waals surface area contributed by atoms with Crippen molar-refractivity contribution in [1.29, 1.82) is 0 Å². The minimum absolute atomic E-state index is 0.0235. The number of carbonyl (C=O) groups is 3. The summed E-state index contributed by atoms with van der Waals surface area (Å²) in [4.78, 5) is 41.4. The number of hydrogen-bond donors (Lipinski definition) is 2. The van der Waals surface area contributed by atoms with Gasteiger partial charge in [0.1, 0.15) is 0 Å². The topological polar surface area (TPSA) is 105 Å². The van der Waals surface area contributed by atoms with Gasteiger partial charge in [0.25, 0.3) is 0 Å². The number of carbonyl (C=O) groups excluding carboxylic acids is 3. The molecule has 2 rings (SSSR count). The average molecular weight is 308 g/mol.